The Balaban J connectivity index is 1.52. The molecule has 1 aromatic heterocycles. The number of likely N-dealkylation sites (N-methyl/N-ethyl adjacent to an activating group) is 1. The number of ether oxygens (including phenoxy) is 1. The minimum absolute atomic E-state index is 0.0647. The van der Waals surface area contributed by atoms with Crippen LogP contribution >= 0.6 is 0 Å². The van der Waals surface area contributed by atoms with Crippen LogP contribution in [0.5, 0.6) is 0 Å². The van der Waals surface area contributed by atoms with Gasteiger partial charge in [-0.15, -0.1) is 0 Å². The quantitative estimate of drug-likeness (QED) is 0.443. The smallest absolute Gasteiger partial charge is 0.378 e. The van der Waals surface area contributed by atoms with Gasteiger partial charge >= 0.3 is 6.18 Å². The van der Waals surface area contributed by atoms with Crippen LogP contribution in [0.15, 0.2) is 42.7 Å². The number of carbonyl (C=O) groups excluding carboxylic acids is 1. The molecule has 0 aliphatic carbocycles. The van der Waals surface area contributed by atoms with Gasteiger partial charge in [-0.2, -0.15) is 13.2 Å². The van der Waals surface area contributed by atoms with E-state index in [1.54, 1.807) is 0 Å². The lowest BCUT2D eigenvalue weighted by atomic mass is 10.0. The molecule has 1 amide bonds. The number of nitrogens with one attached hydrogen (secondary N) is 1. The van der Waals surface area contributed by atoms with E-state index in [2.05, 4.69) is 20.2 Å². The number of halogens is 5. The van der Waals surface area contributed by atoms with Crippen molar-refractivity contribution < 1.29 is 31.5 Å². The van der Waals surface area contributed by atoms with Crippen LogP contribution in [0.25, 0.3) is 11.1 Å². The highest BCUT2D eigenvalue weighted by atomic mass is 19.4. The number of aromatic nitrogens is 2. The zero-order valence-corrected chi connectivity index (χ0v) is 22.5. The Morgan fingerprint density at radius 3 is 2.37 bits per heavy atom. The summed E-state index contributed by atoms with van der Waals surface area (Å²) in [4.78, 5) is 27.9. The van der Waals surface area contributed by atoms with E-state index in [-0.39, 0.29) is 23.4 Å². The molecule has 8 nitrogen and oxygen atoms in total. The van der Waals surface area contributed by atoms with Gasteiger partial charge in [-0.1, -0.05) is 0 Å². The number of anilines is 3. The molecule has 2 fully saturated rings. The molecule has 3 aromatic rings. The topological polar surface area (TPSA) is 73.8 Å². The summed E-state index contributed by atoms with van der Waals surface area (Å²) < 4.78 is 75.6. The van der Waals surface area contributed by atoms with Crippen molar-refractivity contribution >= 4 is 23.2 Å². The van der Waals surface area contributed by atoms with E-state index in [0.717, 1.165) is 12.1 Å². The zero-order valence-electron chi connectivity index (χ0n) is 22.5. The van der Waals surface area contributed by atoms with Crippen LogP contribution in [0.3, 0.4) is 0 Å². The summed E-state index contributed by atoms with van der Waals surface area (Å²) in [6, 6.07) is 4.58. The second-order valence-corrected chi connectivity index (χ2v) is 10.1. The largest absolute Gasteiger partial charge is 0.417 e. The fraction of sp³-hybridized carbons (Fsp3) is 0.393. The SMILES string of the molecule is C[C@@H]1CN(c2cc(F)c(-c3cnc(N4CCOCC4)nc3)cc2NC(=O)c2ccc(F)cc2C(F)(F)F)CCN1C. The van der Waals surface area contributed by atoms with Gasteiger partial charge in [0.05, 0.1) is 35.7 Å². The van der Waals surface area contributed by atoms with Crippen molar-refractivity contribution in [3.63, 3.8) is 0 Å². The molecule has 41 heavy (non-hydrogen) atoms. The number of nitrogens with zero attached hydrogens (tertiary/aromatic N) is 5. The Labute approximate surface area is 233 Å². The van der Waals surface area contributed by atoms with Gasteiger partial charge < -0.3 is 24.8 Å². The first-order chi connectivity index (χ1) is 19.5. The van der Waals surface area contributed by atoms with Crippen LogP contribution in [0, 0.1) is 11.6 Å². The number of rotatable bonds is 5. The van der Waals surface area contributed by atoms with Gasteiger partial charge in [-0.05, 0) is 44.3 Å². The van der Waals surface area contributed by atoms with E-state index in [4.69, 9.17) is 4.74 Å². The first-order valence-corrected chi connectivity index (χ1v) is 13.1. The second-order valence-electron chi connectivity index (χ2n) is 10.1. The molecule has 2 aromatic carbocycles. The van der Waals surface area contributed by atoms with Crippen LogP contribution < -0.4 is 15.1 Å². The average Bonchev–Trinajstić information content (AvgIpc) is 2.95. The molecule has 218 valence electrons. The molecular weight excluding hydrogens is 547 g/mol. The molecule has 2 saturated heterocycles. The number of benzene rings is 2. The molecule has 0 saturated carbocycles. The number of carbonyl (C=O) groups is 1. The highest BCUT2D eigenvalue weighted by molar-refractivity contribution is 6.07. The van der Waals surface area contributed by atoms with Crippen LogP contribution in [0.2, 0.25) is 0 Å². The van der Waals surface area contributed by atoms with E-state index >= 15 is 4.39 Å². The Morgan fingerprint density at radius 2 is 1.71 bits per heavy atom. The third-order valence-electron chi connectivity index (χ3n) is 7.41. The predicted molar refractivity (Wildman–Crippen MR) is 144 cm³/mol. The van der Waals surface area contributed by atoms with Gasteiger partial charge in [0.1, 0.15) is 11.6 Å². The van der Waals surface area contributed by atoms with Gasteiger partial charge in [-0.3, -0.25) is 4.79 Å². The van der Waals surface area contributed by atoms with Gasteiger partial charge in [0.2, 0.25) is 5.95 Å². The summed E-state index contributed by atoms with van der Waals surface area (Å²) in [7, 11) is 1.96. The Morgan fingerprint density at radius 1 is 1.00 bits per heavy atom. The zero-order chi connectivity index (χ0) is 29.3. The summed E-state index contributed by atoms with van der Waals surface area (Å²) in [6.45, 7) is 5.97. The third kappa shape index (κ3) is 6.25. The highest BCUT2D eigenvalue weighted by Gasteiger charge is 2.36. The fourth-order valence-corrected chi connectivity index (χ4v) is 4.94. The van der Waals surface area contributed by atoms with E-state index in [1.807, 2.05) is 23.8 Å². The lowest BCUT2D eigenvalue weighted by Crippen LogP contribution is -2.50. The van der Waals surface area contributed by atoms with E-state index in [0.29, 0.717) is 63.1 Å². The third-order valence-corrected chi connectivity index (χ3v) is 7.41. The van der Waals surface area contributed by atoms with Crippen LogP contribution in [0.1, 0.15) is 22.8 Å². The van der Waals surface area contributed by atoms with Crippen molar-refractivity contribution in [2.24, 2.45) is 0 Å². The molecule has 0 radical (unpaired) electrons. The Hall–Kier alpha value is -3.84. The summed E-state index contributed by atoms with van der Waals surface area (Å²) in [5.74, 6) is -2.36. The first-order valence-electron chi connectivity index (χ1n) is 13.1. The standard InChI is InChI=1S/C28H29F5N6O2/c1-17-16-39(6-5-37(17)2)25-13-23(30)21(18-14-34-27(35-15-18)38-7-9-41-10-8-38)12-24(25)36-26(40)20-4-3-19(29)11-22(20)28(31,32)33/h3-4,11-15,17H,5-10,16H2,1-2H3,(H,36,40)/t17-/m1/s1. The van der Waals surface area contributed by atoms with Gasteiger partial charge in [-0.25, -0.2) is 18.7 Å². The Kier molecular flexibility index (Phi) is 8.09. The number of amides is 1. The Bertz CT molecular complexity index is 1410. The van der Waals surface area contributed by atoms with Crippen molar-refractivity contribution in [3.8, 4) is 11.1 Å². The maximum Gasteiger partial charge on any atom is 0.417 e. The number of alkyl halides is 3. The van der Waals surface area contributed by atoms with Crippen molar-refractivity contribution in [2.45, 2.75) is 19.1 Å². The van der Waals surface area contributed by atoms with Gasteiger partial charge in [0.15, 0.2) is 0 Å². The van der Waals surface area contributed by atoms with Gasteiger partial charge in [0, 0.05) is 62.3 Å². The normalized spacial score (nSPS) is 18.5. The van der Waals surface area contributed by atoms with Crippen molar-refractivity contribution in [2.75, 3.05) is 68.1 Å². The van der Waals surface area contributed by atoms with Crippen molar-refractivity contribution in [1.82, 2.24) is 14.9 Å². The number of hydrogen-bond acceptors (Lipinski definition) is 7. The van der Waals surface area contributed by atoms with E-state index < -0.39 is 34.8 Å². The number of piperazine rings is 1. The molecule has 0 spiro atoms. The van der Waals surface area contributed by atoms with Crippen molar-refractivity contribution in [1.29, 1.82) is 0 Å². The maximum atomic E-state index is 15.6. The average molecular weight is 577 g/mol. The minimum Gasteiger partial charge on any atom is -0.378 e. The lowest BCUT2D eigenvalue weighted by molar-refractivity contribution is -0.138. The molecular formula is C28H29F5N6O2. The number of hydrogen-bond donors (Lipinski definition) is 1. The molecule has 13 heteroatoms. The molecule has 1 N–H and O–H groups in total. The molecule has 2 aliphatic heterocycles. The summed E-state index contributed by atoms with van der Waals surface area (Å²) >= 11 is 0. The molecule has 1 atom stereocenters. The van der Waals surface area contributed by atoms with E-state index in [1.165, 1.54) is 24.5 Å². The molecule has 2 aliphatic rings. The molecule has 5 rings (SSSR count). The van der Waals surface area contributed by atoms with E-state index in [9.17, 15) is 22.4 Å². The summed E-state index contributed by atoms with van der Waals surface area (Å²) in [6.07, 6.45) is -2.04. The van der Waals surface area contributed by atoms with Crippen molar-refractivity contribution in [3.05, 3.63) is 65.5 Å². The molecule has 0 unspecified atom stereocenters. The first kappa shape index (κ1) is 28.7. The van der Waals surface area contributed by atoms with Crippen LogP contribution in [-0.4, -0.2) is 79.8 Å². The maximum absolute atomic E-state index is 15.6. The summed E-state index contributed by atoms with van der Waals surface area (Å²) in [5.41, 5.74) is -1.33. The molecule has 0 bridgehead atoms. The second kappa shape index (κ2) is 11.6. The lowest BCUT2D eigenvalue weighted by Gasteiger charge is -2.39. The monoisotopic (exact) mass is 576 g/mol. The fourth-order valence-electron chi connectivity index (χ4n) is 4.94. The predicted octanol–water partition coefficient (Wildman–Crippen LogP) is 4.67. The van der Waals surface area contributed by atoms with Crippen LogP contribution in [0.4, 0.5) is 39.3 Å². The molecule has 3 heterocycles. The number of morpholine rings is 1. The van der Waals surface area contributed by atoms with Crippen LogP contribution in [-0.2, 0) is 10.9 Å². The van der Waals surface area contributed by atoms with Gasteiger partial charge in [0.25, 0.3) is 5.91 Å². The summed E-state index contributed by atoms with van der Waals surface area (Å²) in [5, 5.41) is 2.54. The minimum atomic E-state index is -4.96. The highest BCUT2D eigenvalue weighted by Crippen LogP contribution is 2.37.